The van der Waals surface area contributed by atoms with Gasteiger partial charge in [0.1, 0.15) is 0 Å². The molecule has 1 saturated carbocycles. The van der Waals surface area contributed by atoms with Crippen LogP contribution in [0.25, 0.3) is 0 Å². The molecule has 0 atom stereocenters. The molecule has 0 N–H and O–H groups in total. The van der Waals surface area contributed by atoms with E-state index in [1.165, 1.54) is 38.5 Å². The van der Waals surface area contributed by atoms with Crippen molar-refractivity contribution >= 4 is 5.97 Å². The van der Waals surface area contributed by atoms with E-state index in [-0.39, 0.29) is 0 Å². The van der Waals surface area contributed by atoms with Crippen molar-refractivity contribution in [3.8, 4) is 0 Å². The lowest BCUT2D eigenvalue weighted by Crippen LogP contribution is -2.16. The van der Waals surface area contributed by atoms with E-state index in [4.69, 9.17) is 9.90 Å². The topological polar surface area (TPSA) is 40.1 Å². The van der Waals surface area contributed by atoms with E-state index in [1.54, 1.807) is 0 Å². The molecule has 0 aromatic carbocycles. The molecule has 0 saturated heterocycles. The third-order valence-corrected chi connectivity index (χ3v) is 1.50. The van der Waals surface area contributed by atoms with Gasteiger partial charge in [0.15, 0.2) is 0 Å². The summed E-state index contributed by atoms with van der Waals surface area (Å²) < 4.78 is 0. The SMILES string of the molecule is C1CCCCC1.CC.CC(=O)[O-]. The smallest absolute Gasteiger partial charge is 0.0383 e. The Morgan fingerprint density at radius 3 is 1.08 bits per heavy atom. The van der Waals surface area contributed by atoms with Crippen LogP contribution in [0.1, 0.15) is 59.3 Å². The van der Waals surface area contributed by atoms with E-state index in [9.17, 15) is 0 Å². The van der Waals surface area contributed by atoms with Crippen LogP contribution in [0.15, 0.2) is 0 Å². The highest BCUT2D eigenvalue weighted by atomic mass is 16.4. The maximum atomic E-state index is 8.89. The van der Waals surface area contributed by atoms with Crippen LogP contribution < -0.4 is 5.11 Å². The molecular formula is C10H21O2-. The lowest BCUT2D eigenvalue weighted by atomic mass is 10.0. The van der Waals surface area contributed by atoms with Crippen molar-refractivity contribution in [3.63, 3.8) is 0 Å². The van der Waals surface area contributed by atoms with E-state index in [1.807, 2.05) is 13.8 Å². The van der Waals surface area contributed by atoms with Crippen LogP contribution >= 0.6 is 0 Å². The van der Waals surface area contributed by atoms with E-state index in [2.05, 4.69) is 0 Å². The molecular weight excluding hydrogens is 152 g/mol. The molecule has 1 aliphatic carbocycles. The zero-order valence-corrected chi connectivity index (χ0v) is 8.56. The Kier molecular flexibility index (Phi) is 15.3. The van der Waals surface area contributed by atoms with Gasteiger partial charge in [-0.05, 0) is 6.92 Å². The quantitative estimate of drug-likeness (QED) is 0.563. The van der Waals surface area contributed by atoms with Gasteiger partial charge < -0.3 is 9.90 Å². The summed E-state index contributed by atoms with van der Waals surface area (Å²) in [5, 5.41) is 8.89. The van der Waals surface area contributed by atoms with Gasteiger partial charge in [-0.3, -0.25) is 0 Å². The summed E-state index contributed by atoms with van der Waals surface area (Å²) in [6, 6.07) is 0. The van der Waals surface area contributed by atoms with E-state index >= 15 is 0 Å². The summed E-state index contributed by atoms with van der Waals surface area (Å²) >= 11 is 0. The van der Waals surface area contributed by atoms with Gasteiger partial charge in [0.2, 0.25) is 0 Å². The maximum Gasteiger partial charge on any atom is 0.0383 e. The van der Waals surface area contributed by atoms with Gasteiger partial charge in [-0.1, -0.05) is 52.4 Å². The van der Waals surface area contributed by atoms with Crippen LogP contribution in [0.5, 0.6) is 0 Å². The normalized spacial score (nSPS) is 14.6. The number of carbonyl (C=O) groups is 1. The fourth-order valence-corrected chi connectivity index (χ4v) is 1.06. The molecule has 0 radical (unpaired) electrons. The fourth-order valence-electron chi connectivity index (χ4n) is 1.06. The number of aliphatic carboxylic acids is 1. The minimum Gasteiger partial charge on any atom is -0.550 e. The Balaban J connectivity index is 0. The van der Waals surface area contributed by atoms with E-state index in [0.29, 0.717) is 0 Å². The Morgan fingerprint density at radius 1 is 0.917 bits per heavy atom. The highest BCUT2D eigenvalue weighted by Crippen LogP contribution is 2.15. The van der Waals surface area contributed by atoms with E-state index < -0.39 is 5.97 Å². The molecule has 0 unspecified atom stereocenters. The number of carboxylic acid groups (broad SMARTS) is 1. The largest absolute Gasteiger partial charge is 0.550 e. The number of hydrogen-bond donors (Lipinski definition) is 0. The van der Waals surface area contributed by atoms with Crippen LogP contribution in [0, 0.1) is 0 Å². The van der Waals surface area contributed by atoms with Gasteiger partial charge in [0.25, 0.3) is 0 Å². The van der Waals surface area contributed by atoms with Crippen molar-refractivity contribution in [2.45, 2.75) is 59.3 Å². The molecule has 12 heavy (non-hydrogen) atoms. The summed E-state index contributed by atoms with van der Waals surface area (Å²) in [5.41, 5.74) is 0. The average Bonchev–Trinajstić information content (AvgIpc) is 2.10. The molecule has 74 valence electrons. The molecule has 1 fully saturated rings. The number of carboxylic acids is 1. The third kappa shape index (κ3) is 22.7. The van der Waals surface area contributed by atoms with Crippen LogP contribution in [0.4, 0.5) is 0 Å². The first-order valence-corrected chi connectivity index (χ1v) is 4.91. The molecule has 0 bridgehead atoms. The number of rotatable bonds is 0. The molecule has 2 nitrogen and oxygen atoms in total. The molecule has 0 aromatic rings. The van der Waals surface area contributed by atoms with Crippen molar-refractivity contribution in [3.05, 3.63) is 0 Å². The maximum absolute atomic E-state index is 8.89. The molecule has 0 spiro atoms. The van der Waals surface area contributed by atoms with E-state index in [0.717, 1.165) is 6.92 Å². The first-order chi connectivity index (χ1) is 5.73. The van der Waals surface area contributed by atoms with Crippen molar-refractivity contribution in [1.82, 2.24) is 0 Å². The van der Waals surface area contributed by atoms with Crippen LogP contribution in [0.2, 0.25) is 0 Å². The number of carbonyl (C=O) groups excluding carboxylic acids is 1. The minimum absolute atomic E-state index is 0.972. The van der Waals surface area contributed by atoms with Crippen molar-refractivity contribution in [2.24, 2.45) is 0 Å². The average molecular weight is 173 g/mol. The van der Waals surface area contributed by atoms with Crippen molar-refractivity contribution in [2.75, 3.05) is 0 Å². The van der Waals surface area contributed by atoms with Crippen LogP contribution in [-0.2, 0) is 4.79 Å². The monoisotopic (exact) mass is 173 g/mol. The zero-order valence-electron chi connectivity index (χ0n) is 8.56. The Labute approximate surface area is 76.0 Å². The molecule has 0 heterocycles. The Bertz CT molecular complexity index is 70.3. The van der Waals surface area contributed by atoms with Gasteiger partial charge in [0.05, 0.1) is 0 Å². The first-order valence-electron chi connectivity index (χ1n) is 4.91. The Hall–Kier alpha value is -0.530. The van der Waals surface area contributed by atoms with Crippen LogP contribution in [0.3, 0.4) is 0 Å². The van der Waals surface area contributed by atoms with Gasteiger partial charge in [-0.25, -0.2) is 0 Å². The highest BCUT2D eigenvalue weighted by molar-refractivity contribution is 5.60. The van der Waals surface area contributed by atoms with Gasteiger partial charge >= 0.3 is 0 Å². The Morgan fingerprint density at radius 2 is 1.00 bits per heavy atom. The van der Waals surface area contributed by atoms with Gasteiger partial charge in [-0.15, -0.1) is 0 Å². The molecule has 0 aliphatic heterocycles. The summed E-state index contributed by atoms with van der Waals surface area (Å²) in [6.07, 6.45) is 9.00. The summed E-state index contributed by atoms with van der Waals surface area (Å²) in [5.74, 6) is -1.08. The van der Waals surface area contributed by atoms with Crippen LogP contribution in [-0.4, -0.2) is 5.97 Å². The highest BCUT2D eigenvalue weighted by Gasteiger charge is 1.95. The van der Waals surface area contributed by atoms with Crippen molar-refractivity contribution in [1.29, 1.82) is 0 Å². The fraction of sp³-hybridized carbons (Fsp3) is 0.900. The molecule has 0 amide bonds. The molecule has 0 aromatic heterocycles. The second-order valence-corrected chi connectivity index (χ2v) is 2.61. The predicted octanol–water partition coefficient (Wildman–Crippen LogP) is 2.12. The molecule has 1 rings (SSSR count). The standard InChI is InChI=1S/C6H12.C2H4O2.C2H6/c1-2-4-6-5-3-1;1-2(3)4;1-2/h1-6H2;1H3,(H,3,4);1-2H3/p-1. The van der Waals surface area contributed by atoms with Gasteiger partial charge in [0, 0.05) is 5.97 Å². The minimum atomic E-state index is -1.08. The zero-order chi connectivity index (χ0) is 9.82. The summed E-state index contributed by atoms with van der Waals surface area (Å²) in [6.45, 7) is 4.97. The van der Waals surface area contributed by atoms with Gasteiger partial charge in [-0.2, -0.15) is 0 Å². The lowest BCUT2D eigenvalue weighted by molar-refractivity contribution is -0.302. The number of hydrogen-bond acceptors (Lipinski definition) is 2. The molecule has 2 heteroatoms. The second-order valence-electron chi connectivity index (χ2n) is 2.61. The first kappa shape index (κ1) is 14.0. The van der Waals surface area contributed by atoms with Crippen molar-refractivity contribution < 1.29 is 9.90 Å². The summed E-state index contributed by atoms with van der Waals surface area (Å²) in [4.78, 5) is 8.89. The predicted molar refractivity (Wildman–Crippen MR) is 49.7 cm³/mol. The molecule has 1 aliphatic rings. The second kappa shape index (κ2) is 13.1. The third-order valence-electron chi connectivity index (χ3n) is 1.50. The lowest BCUT2D eigenvalue weighted by Gasteiger charge is -2.05. The summed E-state index contributed by atoms with van der Waals surface area (Å²) in [7, 11) is 0.